The molecule has 0 saturated carbocycles. The lowest BCUT2D eigenvalue weighted by molar-refractivity contribution is -0.120. The van der Waals surface area contributed by atoms with Crippen molar-refractivity contribution in [3.63, 3.8) is 0 Å². The molecule has 0 unspecified atom stereocenters. The highest BCUT2D eigenvalue weighted by molar-refractivity contribution is 6.36. The molecule has 0 spiro atoms. The third-order valence-corrected chi connectivity index (χ3v) is 11.9. The molecule has 3 saturated heterocycles. The summed E-state index contributed by atoms with van der Waals surface area (Å²) in [6.07, 6.45) is 5.74. The minimum absolute atomic E-state index is 0.00191. The van der Waals surface area contributed by atoms with Crippen molar-refractivity contribution >= 4 is 74.0 Å². The molecule has 0 atom stereocenters. The lowest BCUT2D eigenvalue weighted by Crippen LogP contribution is -2.36. The monoisotopic (exact) mass is 905 g/mol. The number of morpholine rings is 1. The molecule has 6 aromatic rings. The number of carbonyl (C=O) groups is 2. The number of anilines is 5. The second-order valence-corrected chi connectivity index (χ2v) is 16.0. The first-order chi connectivity index (χ1) is 30.8. The van der Waals surface area contributed by atoms with E-state index in [1.807, 2.05) is 6.07 Å². The van der Waals surface area contributed by atoms with Gasteiger partial charge in [0.2, 0.25) is 11.8 Å². The summed E-state index contributed by atoms with van der Waals surface area (Å²) in [6.45, 7) is 3.79. The van der Waals surface area contributed by atoms with Crippen molar-refractivity contribution < 1.29 is 45.4 Å². The number of nitrogens with one attached hydrogen (secondary N) is 1. The van der Waals surface area contributed by atoms with Gasteiger partial charge in [0, 0.05) is 92.2 Å². The second kappa shape index (κ2) is 18.9. The van der Waals surface area contributed by atoms with Crippen molar-refractivity contribution in [3.8, 4) is 16.9 Å². The van der Waals surface area contributed by atoms with Crippen LogP contribution in [0.15, 0.2) is 60.8 Å². The van der Waals surface area contributed by atoms with Crippen LogP contribution in [0.5, 0.6) is 5.75 Å². The fourth-order valence-electron chi connectivity index (χ4n) is 8.18. The van der Waals surface area contributed by atoms with E-state index in [1.54, 1.807) is 42.0 Å². The van der Waals surface area contributed by atoms with Crippen LogP contribution in [-0.4, -0.2) is 72.8 Å². The molecule has 3 aliphatic rings. The molecule has 334 valence electrons. The highest BCUT2D eigenvalue weighted by Gasteiger charge is 2.28. The van der Waals surface area contributed by atoms with Gasteiger partial charge in [-0.05, 0) is 57.2 Å². The van der Waals surface area contributed by atoms with Crippen LogP contribution in [0.1, 0.15) is 49.7 Å². The van der Waals surface area contributed by atoms with E-state index < -0.39 is 29.9 Å². The van der Waals surface area contributed by atoms with Crippen LogP contribution in [0.4, 0.5) is 55.2 Å². The number of aromatic nitrogens is 3. The van der Waals surface area contributed by atoms with Crippen LogP contribution < -0.4 is 24.8 Å². The van der Waals surface area contributed by atoms with Gasteiger partial charge >= 0.3 is 6.61 Å². The number of piperidine rings is 2. The van der Waals surface area contributed by atoms with Crippen molar-refractivity contribution in [1.82, 2.24) is 15.0 Å². The number of alkyl halides is 2. The van der Waals surface area contributed by atoms with E-state index in [2.05, 4.69) is 29.9 Å². The first kappa shape index (κ1) is 44.4. The molecule has 0 bridgehead atoms. The second-order valence-electron chi connectivity index (χ2n) is 15.6. The molecule has 1 N–H and O–H groups in total. The average Bonchev–Trinajstić information content (AvgIpc) is 3.26. The Kier molecular flexibility index (Phi) is 13.1. The minimum Gasteiger partial charge on any atom is -0.435 e. The Labute approximate surface area is 368 Å². The van der Waals surface area contributed by atoms with E-state index in [-0.39, 0.29) is 44.4 Å². The Balaban J connectivity index is 0.000000223. The average molecular weight is 906 g/mol. The summed E-state index contributed by atoms with van der Waals surface area (Å²) in [5.74, 6) is -1.81. The van der Waals surface area contributed by atoms with Gasteiger partial charge in [-0.15, -0.1) is 0 Å². The van der Waals surface area contributed by atoms with Crippen molar-refractivity contribution in [2.75, 3.05) is 59.4 Å². The number of ether oxygens (including phenoxy) is 2. The molecule has 9 rings (SSSR count). The fraction of sp³-hybridized carbons (Fsp3) is 0.326. The minimum atomic E-state index is -2.96. The number of hydrogen-bond donors (Lipinski definition) is 1. The molecule has 0 aliphatic carbocycles. The van der Waals surface area contributed by atoms with Gasteiger partial charge in [0.1, 0.15) is 46.5 Å². The Hall–Kier alpha value is -6.20. The molecular weight excluding hydrogens is 864 g/mol. The number of amides is 2. The van der Waals surface area contributed by atoms with E-state index in [0.717, 1.165) is 49.9 Å². The van der Waals surface area contributed by atoms with Crippen LogP contribution in [0.2, 0.25) is 5.02 Å². The third kappa shape index (κ3) is 9.22. The van der Waals surface area contributed by atoms with E-state index in [0.29, 0.717) is 103 Å². The molecule has 3 aromatic carbocycles. The molecule has 3 fully saturated rings. The van der Waals surface area contributed by atoms with E-state index in [1.165, 1.54) is 12.1 Å². The molecule has 0 radical (unpaired) electrons. The maximum absolute atomic E-state index is 15.5. The number of carbonyl (C=O) groups excluding carboxylic acids is 2. The van der Waals surface area contributed by atoms with E-state index in [4.69, 9.17) is 16.3 Å². The van der Waals surface area contributed by atoms with Gasteiger partial charge < -0.3 is 19.7 Å². The lowest BCUT2D eigenvalue weighted by Gasteiger charge is -2.30. The van der Waals surface area contributed by atoms with Gasteiger partial charge in [-0.1, -0.05) is 23.7 Å². The first-order valence-corrected chi connectivity index (χ1v) is 21.1. The molecule has 2 amide bonds. The molecule has 6 heterocycles. The smallest absolute Gasteiger partial charge is 0.387 e. The topological polar surface area (TPSA) is 113 Å². The molecule has 18 heteroatoms. The molecular formula is C46H42ClF6N7O4. The molecule has 3 aliphatic heterocycles. The zero-order valence-corrected chi connectivity index (χ0v) is 35.6. The van der Waals surface area contributed by atoms with Crippen LogP contribution in [0.3, 0.4) is 0 Å². The van der Waals surface area contributed by atoms with Crippen LogP contribution >= 0.6 is 11.6 Å². The summed E-state index contributed by atoms with van der Waals surface area (Å²) in [4.78, 5) is 43.6. The predicted octanol–water partition coefficient (Wildman–Crippen LogP) is 10.6. The van der Waals surface area contributed by atoms with E-state index in [9.17, 15) is 31.5 Å². The van der Waals surface area contributed by atoms with Crippen molar-refractivity contribution in [1.29, 1.82) is 0 Å². The van der Waals surface area contributed by atoms with Crippen molar-refractivity contribution in [2.24, 2.45) is 0 Å². The molecule has 11 nitrogen and oxygen atoms in total. The number of rotatable bonds is 8. The maximum Gasteiger partial charge on any atom is 0.387 e. The summed E-state index contributed by atoms with van der Waals surface area (Å²) < 4.78 is 92.6. The van der Waals surface area contributed by atoms with Gasteiger partial charge in [-0.2, -0.15) is 8.78 Å². The SMILES string of the molecule is Cc1c(N2CCCCC2=O)nc2cc(F)cc(F)c2c1Cl.Cc1c(N2CCCCC2=O)nc2cc(F)cc(F)c2c1Nc1cc(N2CCOCC2)ncc1-c1ccc(OC(F)F)cc1. The number of fused-ring (bicyclic) bond motifs is 2. The predicted molar refractivity (Wildman–Crippen MR) is 233 cm³/mol. The third-order valence-electron chi connectivity index (χ3n) is 11.4. The Morgan fingerprint density at radius 3 is 1.88 bits per heavy atom. The summed E-state index contributed by atoms with van der Waals surface area (Å²) in [6, 6.07) is 11.8. The quantitative estimate of drug-likeness (QED) is 0.149. The van der Waals surface area contributed by atoms with E-state index >= 15 is 4.39 Å². The lowest BCUT2D eigenvalue weighted by atomic mass is 10.0. The van der Waals surface area contributed by atoms with Gasteiger partial charge in [0.25, 0.3) is 0 Å². The standard InChI is InChI=1S/C31H29F4N5O3.C15H13ClF2N2O/c1-18-29(28-23(33)14-20(32)15-25(28)38-30(18)40-9-3-2-4-27(40)41)37-24-16-26(39-10-12-42-13-11-39)36-17-22(24)19-5-7-21(8-6-19)43-31(34)35;1-8-14(16)13-10(18)6-9(17)7-11(13)19-15(8)20-5-3-2-4-12(20)21/h5-8,14-17,31H,2-4,9-13H2,1H3,(H,36,37,38);6-7H,2-5H2,1H3. The highest BCUT2D eigenvalue weighted by atomic mass is 35.5. The van der Waals surface area contributed by atoms with Gasteiger partial charge in [0.15, 0.2) is 0 Å². The van der Waals surface area contributed by atoms with Gasteiger partial charge in [-0.3, -0.25) is 19.4 Å². The summed E-state index contributed by atoms with van der Waals surface area (Å²) in [5.41, 5.74) is 3.34. The number of hydrogen-bond acceptors (Lipinski definition) is 9. The summed E-state index contributed by atoms with van der Waals surface area (Å²) in [7, 11) is 0. The number of pyridine rings is 3. The summed E-state index contributed by atoms with van der Waals surface area (Å²) in [5, 5.41) is 3.71. The van der Waals surface area contributed by atoms with Crippen LogP contribution in [-0.2, 0) is 14.3 Å². The Bertz CT molecular complexity index is 2760. The summed E-state index contributed by atoms with van der Waals surface area (Å²) >= 11 is 6.22. The zero-order chi connectivity index (χ0) is 45.2. The normalized spacial score (nSPS) is 15.8. The number of nitrogens with zero attached hydrogens (tertiary/aromatic N) is 6. The Morgan fingerprint density at radius 2 is 1.30 bits per heavy atom. The highest BCUT2D eigenvalue weighted by Crippen LogP contribution is 2.41. The largest absolute Gasteiger partial charge is 0.435 e. The molecule has 3 aromatic heterocycles. The number of benzene rings is 3. The van der Waals surface area contributed by atoms with Crippen molar-refractivity contribution in [2.45, 2.75) is 59.0 Å². The number of halogens is 7. The zero-order valence-electron chi connectivity index (χ0n) is 34.8. The Morgan fingerprint density at radius 1 is 0.734 bits per heavy atom. The van der Waals surface area contributed by atoms with Crippen LogP contribution in [0.25, 0.3) is 32.9 Å². The maximum atomic E-state index is 15.5. The fourth-order valence-corrected chi connectivity index (χ4v) is 8.45. The van der Waals surface area contributed by atoms with Gasteiger partial charge in [-0.25, -0.2) is 32.5 Å². The van der Waals surface area contributed by atoms with Crippen LogP contribution in [0, 0.1) is 37.1 Å². The first-order valence-electron chi connectivity index (χ1n) is 20.8. The molecule has 64 heavy (non-hydrogen) atoms. The van der Waals surface area contributed by atoms with Gasteiger partial charge in [0.05, 0.1) is 51.4 Å². The van der Waals surface area contributed by atoms with Crippen molar-refractivity contribution in [3.05, 3.63) is 100 Å².